The van der Waals surface area contributed by atoms with Crippen LogP contribution in [0, 0.1) is 17.0 Å². The monoisotopic (exact) mass is 188 g/mol. The molecule has 1 heterocycles. The highest BCUT2D eigenvalue weighted by molar-refractivity contribution is 7.09. The maximum Gasteiger partial charge on any atom is 0.286 e. The Morgan fingerprint density at radius 2 is 2.58 bits per heavy atom. The van der Waals surface area contributed by atoms with Gasteiger partial charge >= 0.3 is 0 Å². The predicted molar refractivity (Wildman–Crippen MR) is 43.7 cm³/mol. The fourth-order valence-electron chi connectivity index (χ4n) is 0.760. The van der Waals surface area contributed by atoms with E-state index >= 15 is 0 Å². The van der Waals surface area contributed by atoms with Gasteiger partial charge in [0.25, 0.3) is 6.04 Å². The molecule has 0 saturated carbocycles. The predicted octanol–water partition coefficient (Wildman–Crippen LogP) is 0.762. The first kappa shape index (κ1) is 9.08. The summed E-state index contributed by atoms with van der Waals surface area (Å²) in [4.78, 5) is 13.7. The summed E-state index contributed by atoms with van der Waals surface area (Å²) in [6.07, 6.45) is 0. The minimum absolute atomic E-state index is 0.361. The van der Waals surface area contributed by atoms with Gasteiger partial charge in [-0.25, -0.2) is 4.98 Å². The number of aryl methyl sites for hydroxylation is 1. The van der Waals surface area contributed by atoms with Crippen LogP contribution < -0.4 is 0 Å². The van der Waals surface area contributed by atoms with Gasteiger partial charge in [0.2, 0.25) is 0 Å². The van der Waals surface area contributed by atoms with Gasteiger partial charge in [-0.15, -0.1) is 11.3 Å². The van der Waals surface area contributed by atoms with Crippen molar-refractivity contribution in [3.8, 4) is 0 Å². The van der Waals surface area contributed by atoms with E-state index in [4.69, 9.17) is 5.11 Å². The van der Waals surface area contributed by atoms with Crippen molar-refractivity contribution in [2.24, 2.45) is 0 Å². The Hall–Kier alpha value is -1.01. The normalized spacial score (nSPS) is 12.8. The molecule has 0 aromatic carbocycles. The number of aliphatic hydroxyl groups is 1. The van der Waals surface area contributed by atoms with E-state index in [1.54, 1.807) is 12.3 Å². The van der Waals surface area contributed by atoms with Crippen LogP contribution in [0.3, 0.4) is 0 Å². The van der Waals surface area contributed by atoms with Gasteiger partial charge in [0.05, 0.1) is 0 Å². The number of nitro groups is 1. The van der Waals surface area contributed by atoms with Gasteiger partial charge < -0.3 is 5.11 Å². The number of thiazole rings is 1. The summed E-state index contributed by atoms with van der Waals surface area (Å²) >= 11 is 1.20. The molecule has 1 aromatic rings. The fourth-order valence-corrected chi connectivity index (χ4v) is 1.62. The van der Waals surface area contributed by atoms with Crippen molar-refractivity contribution in [2.75, 3.05) is 6.61 Å². The van der Waals surface area contributed by atoms with E-state index in [2.05, 4.69) is 4.98 Å². The lowest BCUT2D eigenvalue weighted by Crippen LogP contribution is -2.14. The summed E-state index contributed by atoms with van der Waals surface area (Å²) in [5, 5.41) is 21.1. The summed E-state index contributed by atoms with van der Waals surface area (Å²) < 4.78 is 0. The average molecular weight is 188 g/mol. The molecule has 1 N–H and O–H groups in total. The topological polar surface area (TPSA) is 76.3 Å². The third kappa shape index (κ3) is 1.77. The molecular formula is C6H8N2O3S. The number of aliphatic hydroxyl groups excluding tert-OH is 1. The summed E-state index contributed by atoms with van der Waals surface area (Å²) in [6.45, 7) is 1.26. The second-order valence-corrected chi connectivity index (χ2v) is 3.20. The quantitative estimate of drug-likeness (QED) is 0.561. The molecule has 1 aromatic heterocycles. The number of rotatable bonds is 3. The van der Waals surface area contributed by atoms with E-state index in [0.29, 0.717) is 5.01 Å². The Labute approximate surface area is 72.8 Å². The third-order valence-electron chi connectivity index (χ3n) is 1.35. The summed E-state index contributed by atoms with van der Waals surface area (Å²) in [5.41, 5.74) is 0.746. The molecule has 0 bridgehead atoms. The molecule has 0 radical (unpaired) electrons. The van der Waals surface area contributed by atoms with E-state index in [1.807, 2.05) is 0 Å². The van der Waals surface area contributed by atoms with Crippen molar-refractivity contribution in [1.29, 1.82) is 0 Å². The molecule has 0 aliphatic rings. The highest BCUT2D eigenvalue weighted by Gasteiger charge is 2.24. The van der Waals surface area contributed by atoms with Crippen molar-refractivity contribution < 1.29 is 10.0 Å². The lowest BCUT2D eigenvalue weighted by atomic mass is 10.3. The minimum atomic E-state index is -1.07. The van der Waals surface area contributed by atoms with E-state index in [0.717, 1.165) is 5.69 Å². The van der Waals surface area contributed by atoms with Crippen molar-refractivity contribution in [3.63, 3.8) is 0 Å². The average Bonchev–Trinajstić information content (AvgIpc) is 2.37. The SMILES string of the molecule is Cc1csc(C(CO)[N+](=O)[O-])n1. The van der Waals surface area contributed by atoms with Gasteiger partial charge in [-0.2, -0.15) is 0 Å². The number of nitrogens with zero attached hydrogens (tertiary/aromatic N) is 2. The Morgan fingerprint density at radius 1 is 1.92 bits per heavy atom. The molecule has 66 valence electrons. The third-order valence-corrected chi connectivity index (χ3v) is 2.41. The smallest absolute Gasteiger partial charge is 0.286 e. The lowest BCUT2D eigenvalue weighted by Gasteiger charge is -2.00. The van der Waals surface area contributed by atoms with Crippen molar-refractivity contribution in [3.05, 3.63) is 26.2 Å². The van der Waals surface area contributed by atoms with Crippen LogP contribution in [0.1, 0.15) is 16.7 Å². The Morgan fingerprint density at radius 3 is 2.92 bits per heavy atom. The first-order valence-corrected chi connectivity index (χ1v) is 4.19. The second-order valence-electron chi connectivity index (χ2n) is 2.31. The number of aromatic nitrogens is 1. The molecule has 6 heteroatoms. The molecular weight excluding hydrogens is 180 g/mol. The summed E-state index contributed by atoms with van der Waals surface area (Å²) in [5.74, 6) is 0. The highest BCUT2D eigenvalue weighted by Crippen LogP contribution is 2.19. The van der Waals surface area contributed by atoms with Gasteiger partial charge in [0.1, 0.15) is 6.61 Å². The van der Waals surface area contributed by atoms with Crippen LogP contribution in [-0.2, 0) is 0 Å². The molecule has 1 atom stereocenters. The first-order valence-electron chi connectivity index (χ1n) is 3.31. The molecule has 12 heavy (non-hydrogen) atoms. The van der Waals surface area contributed by atoms with E-state index in [1.165, 1.54) is 11.3 Å². The lowest BCUT2D eigenvalue weighted by molar-refractivity contribution is -0.532. The molecule has 0 aliphatic carbocycles. The second kappa shape index (κ2) is 3.59. The maximum atomic E-state index is 10.4. The zero-order chi connectivity index (χ0) is 9.14. The van der Waals surface area contributed by atoms with Gasteiger partial charge in [0, 0.05) is 16.0 Å². The Bertz CT molecular complexity index is 286. The minimum Gasteiger partial charge on any atom is -0.389 e. The Balaban J connectivity index is 2.87. The van der Waals surface area contributed by atoms with Crippen LogP contribution in [0.5, 0.6) is 0 Å². The highest BCUT2D eigenvalue weighted by atomic mass is 32.1. The standard InChI is InChI=1S/C6H8N2O3S/c1-4-3-12-6(7-4)5(2-9)8(10)11/h3,5,9H,2H2,1H3. The Kier molecular flexibility index (Phi) is 2.72. The fraction of sp³-hybridized carbons (Fsp3) is 0.500. The molecule has 0 fully saturated rings. The van der Waals surface area contributed by atoms with Crippen molar-refractivity contribution in [2.45, 2.75) is 13.0 Å². The van der Waals surface area contributed by atoms with Crippen LogP contribution in [-0.4, -0.2) is 21.6 Å². The van der Waals surface area contributed by atoms with Gasteiger partial charge in [0.15, 0.2) is 5.01 Å². The van der Waals surface area contributed by atoms with Crippen molar-refractivity contribution >= 4 is 11.3 Å². The zero-order valence-electron chi connectivity index (χ0n) is 6.43. The number of hydrogen-bond acceptors (Lipinski definition) is 5. The van der Waals surface area contributed by atoms with Crippen molar-refractivity contribution in [1.82, 2.24) is 4.98 Å². The van der Waals surface area contributed by atoms with Crippen LogP contribution in [0.2, 0.25) is 0 Å². The van der Waals surface area contributed by atoms with Crippen LogP contribution >= 0.6 is 11.3 Å². The van der Waals surface area contributed by atoms with Crippen LogP contribution in [0.25, 0.3) is 0 Å². The molecule has 1 unspecified atom stereocenters. The van der Waals surface area contributed by atoms with Crippen LogP contribution in [0.4, 0.5) is 0 Å². The maximum absolute atomic E-state index is 10.4. The number of hydrogen-bond donors (Lipinski definition) is 1. The van der Waals surface area contributed by atoms with E-state index < -0.39 is 17.6 Å². The largest absolute Gasteiger partial charge is 0.389 e. The summed E-state index contributed by atoms with van der Waals surface area (Å²) in [6, 6.07) is -1.07. The van der Waals surface area contributed by atoms with E-state index in [9.17, 15) is 10.1 Å². The molecule has 1 rings (SSSR count). The van der Waals surface area contributed by atoms with Crippen LogP contribution in [0.15, 0.2) is 5.38 Å². The summed E-state index contributed by atoms with van der Waals surface area (Å²) in [7, 11) is 0. The molecule has 0 amide bonds. The van der Waals surface area contributed by atoms with Gasteiger partial charge in [-0.3, -0.25) is 10.1 Å². The molecule has 0 aliphatic heterocycles. The molecule has 0 saturated heterocycles. The van der Waals surface area contributed by atoms with Gasteiger partial charge in [-0.05, 0) is 6.92 Å². The molecule has 0 spiro atoms. The first-order chi connectivity index (χ1) is 5.65. The van der Waals surface area contributed by atoms with Gasteiger partial charge in [-0.1, -0.05) is 0 Å². The zero-order valence-corrected chi connectivity index (χ0v) is 7.24. The van der Waals surface area contributed by atoms with E-state index in [-0.39, 0.29) is 0 Å². The molecule has 5 nitrogen and oxygen atoms in total.